The number of aromatic nitrogens is 4. The Bertz CT molecular complexity index is 809. The molecular weight excluding hydrogens is 286 g/mol. The number of nitrogens with one attached hydrogen (secondary N) is 1. The van der Waals surface area contributed by atoms with Crippen LogP contribution in [0.5, 0.6) is 0 Å². The number of anilines is 1. The van der Waals surface area contributed by atoms with Gasteiger partial charge in [0.05, 0.1) is 11.2 Å². The topological polar surface area (TPSA) is 55.6 Å². The van der Waals surface area contributed by atoms with Crippen LogP contribution < -0.4 is 5.32 Å². The molecule has 0 atom stereocenters. The molecule has 21 heavy (non-hydrogen) atoms. The van der Waals surface area contributed by atoms with E-state index in [0.29, 0.717) is 6.54 Å². The molecule has 108 valence electrons. The van der Waals surface area contributed by atoms with E-state index in [1.165, 1.54) is 5.56 Å². The van der Waals surface area contributed by atoms with Gasteiger partial charge in [0.25, 0.3) is 0 Å². The van der Waals surface area contributed by atoms with Gasteiger partial charge in [0.2, 0.25) is 5.28 Å². The van der Waals surface area contributed by atoms with E-state index in [2.05, 4.69) is 27.3 Å². The SMILES string of the molecule is Cc1nn(C)c(C)c1CNc1nc(Cl)nc2ccccc12. The van der Waals surface area contributed by atoms with Crippen LogP contribution in [0.15, 0.2) is 24.3 Å². The number of fused-ring (bicyclic) bond motifs is 1. The number of aryl methyl sites for hydroxylation is 2. The zero-order valence-electron chi connectivity index (χ0n) is 12.2. The van der Waals surface area contributed by atoms with Crippen molar-refractivity contribution in [3.63, 3.8) is 0 Å². The smallest absolute Gasteiger partial charge is 0.224 e. The minimum absolute atomic E-state index is 0.246. The number of halogens is 1. The highest BCUT2D eigenvalue weighted by Gasteiger charge is 2.11. The van der Waals surface area contributed by atoms with Gasteiger partial charge in [-0.2, -0.15) is 5.10 Å². The summed E-state index contributed by atoms with van der Waals surface area (Å²) < 4.78 is 1.89. The second-order valence-corrected chi connectivity index (χ2v) is 5.32. The van der Waals surface area contributed by atoms with E-state index in [-0.39, 0.29) is 5.28 Å². The molecule has 2 aromatic heterocycles. The average molecular weight is 302 g/mol. The number of nitrogens with zero attached hydrogens (tertiary/aromatic N) is 4. The van der Waals surface area contributed by atoms with Crippen molar-refractivity contribution in [3.8, 4) is 0 Å². The molecule has 0 aliphatic rings. The molecule has 3 aromatic rings. The lowest BCUT2D eigenvalue weighted by Gasteiger charge is -2.09. The summed E-state index contributed by atoms with van der Waals surface area (Å²) in [6, 6.07) is 7.81. The standard InChI is InChI=1S/C15H16ClN5/c1-9-12(10(2)21(3)20-9)8-17-14-11-6-4-5-7-13(11)18-15(16)19-14/h4-7H,8H2,1-3H3,(H,17,18,19). The van der Waals surface area contributed by atoms with Crippen LogP contribution in [0.3, 0.4) is 0 Å². The van der Waals surface area contributed by atoms with E-state index in [1.807, 2.05) is 42.9 Å². The zero-order valence-corrected chi connectivity index (χ0v) is 12.9. The molecule has 2 heterocycles. The lowest BCUT2D eigenvalue weighted by atomic mass is 10.2. The van der Waals surface area contributed by atoms with Crippen molar-refractivity contribution in [1.82, 2.24) is 19.7 Å². The first-order valence-corrected chi connectivity index (χ1v) is 7.09. The van der Waals surface area contributed by atoms with Crippen molar-refractivity contribution >= 4 is 28.3 Å². The summed E-state index contributed by atoms with van der Waals surface area (Å²) in [4.78, 5) is 8.53. The molecule has 1 N–H and O–H groups in total. The third kappa shape index (κ3) is 2.56. The first kappa shape index (κ1) is 13.8. The Balaban J connectivity index is 1.95. The predicted octanol–water partition coefficient (Wildman–Crippen LogP) is 3.25. The maximum Gasteiger partial charge on any atom is 0.224 e. The number of benzene rings is 1. The van der Waals surface area contributed by atoms with Crippen molar-refractivity contribution < 1.29 is 0 Å². The summed E-state index contributed by atoms with van der Waals surface area (Å²) in [6.07, 6.45) is 0. The minimum Gasteiger partial charge on any atom is -0.365 e. The van der Waals surface area contributed by atoms with E-state index in [4.69, 9.17) is 11.6 Å². The molecule has 1 aromatic carbocycles. The largest absolute Gasteiger partial charge is 0.365 e. The lowest BCUT2D eigenvalue weighted by Crippen LogP contribution is -2.05. The van der Waals surface area contributed by atoms with E-state index < -0.39 is 0 Å². The molecule has 0 aliphatic carbocycles. The Kier molecular flexibility index (Phi) is 3.51. The fourth-order valence-corrected chi connectivity index (χ4v) is 2.60. The van der Waals surface area contributed by atoms with Crippen molar-refractivity contribution in [3.05, 3.63) is 46.5 Å². The predicted molar refractivity (Wildman–Crippen MR) is 84.6 cm³/mol. The average Bonchev–Trinajstić information content (AvgIpc) is 2.69. The van der Waals surface area contributed by atoms with Gasteiger partial charge in [0, 0.05) is 30.2 Å². The molecule has 0 saturated carbocycles. The van der Waals surface area contributed by atoms with E-state index in [1.54, 1.807) is 0 Å². The van der Waals surface area contributed by atoms with E-state index >= 15 is 0 Å². The Labute approximate surface area is 128 Å². The third-order valence-electron chi connectivity index (χ3n) is 3.67. The lowest BCUT2D eigenvalue weighted by molar-refractivity contribution is 0.730. The molecule has 5 nitrogen and oxygen atoms in total. The Hall–Kier alpha value is -2.14. The minimum atomic E-state index is 0.246. The fourth-order valence-electron chi connectivity index (χ4n) is 2.43. The normalized spacial score (nSPS) is 11.0. The summed E-state index contributed by atoms with van der Waals surface area (Å²) in [5.74, 6) is 0.744. The summed E-state index contributed by atoms with van der Waals surface area (Å²) in [7, 11) is 1.95. The maximum atomic E-state index is 5.99. The molecule has 6 heteroatoms. The summed E-state index contributed by atoms with van der Waals surface area (Å²) in [6.45, 7) is 4.72. The number of para-hydroxylation sites is 1. The highest BCUT2D eigenvalue weighted by Crippen LogP contribution is 2.23. The second kappa shape index (κ2) is 5.33. The van der Waals surface area contributed by atoms with Gasteiger partial charge in [-0.05, 0) is 37.6 Å². The molecule has 0 radical (unpaired) electrons. The quantitative estimate of drug-likeness (QED) is 0.755. The Morgan fingerprint density at radius 2 is 1.95 bits per heavy atom. The van der Waals surface area contributed by atoms with Crippen molar-refractivity contribution in [2.45, 2.75) is 20.4 Å². The monoisotopic (exact) mass is 301 g/mol. The van der Waals surface area contributed by atoms with Crippen LogP contribution >= 0.6 is 11.6 Å². The summed E-state index contributed by atoms with van der Waals surface area (Å²) in [5, 5.41) is 8.98. The van der Waals surface area contributed by atoms with Gasteiger partial charge in [-0.1, -0.05) is 12.1 Å². The number of rotatable bonds is 3. The maximum absolute atomic E-state index is 5.99. The first-order valence-electron chi connectivity index (χ1n) is 6.71. The Morgan fingerprint density at radius 1 is 1.19 bits per heavy atom. The van der Waals surface area contributed by atoms with Crippen LogP contribution in [0.1, 0.15) is 17.0 Å². The molecule has 0 fully saturated rings. The van der Waals surface area contributed by atoms with Crippen molar-refractivity contribution in [2.75, 3.05) is 5.32 Å². The molecule has 0 aliphatic heterocycles. The van der Waals surface area contributed by atoms with Gasteiger partial charge < -0.3 is 5.32 Å². The molecule has 0 bridgehead atoms. The van der Waals surface area contributed by atoms with Gasteiger partial charge in [-0.3, -0.25) is 4.68 Å². The molecule has 0 saturated heterocycles. The summed E-state index contributed by atoms with van der Waals surface area (Å²) >= 11 is 5.99. The van der Waals surface area contributed by atoms with Crippen molar-refractivity contribution in [1.29, 1.82) is 0 Å². The Morgan fingerprint density at radius 3 is 2.67 bits per heavy atom. The highest BCUT2D eigenvalue weighted by molar-refractivity contribution is 6.28. The molecule has 0 unspecified atom stereocenters. The van der Waals surface area contributed by atoms with Crippen LogP contribution in [0.2, 0.25) is 5.28 Å². The van der Waals surface area contributed by atoms with Crippen molar-refractivity contribution in [2.24, 2.45) is 7.05 Å². The van der Waals surface area contributed by atoms with Gasteiger partial charge in [0.15, 0.2) is 0 Å². The number of hydrogen-bond donors (Lipinski definition) is 1. The molecule has 0 spiro atoms. The van der Waals surface area contributed by atoms with E-state index in [9.17, 15) is 0 Å². The summed E-state index contributed by atoms with van der Waals surface area (Å²) in [5.41, 5.74) is 4.17. The van der Waals surface area contributed by atoms with Crippen LogP contribution in [0.4, 0.5) is 5.82 Å². The fraction of sp³-hybridized carbons (Fsp3) is 0.267. The van der Waals surface area contributed by atoms with Crippen LogP contribution in [-0.2, 0) is 13.6 Å². The number of hydrogen-bond acceptors (Lipinski definition) is 4. The first-order chi connectivity index (χ1) is 10.1. The van der Waals surface area contributed by atoms with Gasteiger partial charge in [0.1, 0.15) is 5.82 Å². The third-order valence-corrected chi connectivity index (χ3v) is 3.84. The van der Waals surface area contributed by atoms with E-state index in [0.717, 1.165) is 28.1 Å². The second-order valence-electron chi connectivity index (χ2n) is 4.98. The van der Waals surface area contributed by atoms with Crippen LogP contribution in [0.25, 0.3) is 10.9 Å². The molecular formula is C15H16ClN5. The van der Waals surface area contributed by atoms with Gasteiger partial charge in [-0.15, -0.1) is 0 Å². The molecule has 0 amide bonds. The molecule has 3 rings (SSSR count). The highest BCUT2D eigenvalue weighted by atomic mass is 35.5. The zero-order chi connectivity index (χ0) is 15.0. The van der Waals surface area contributed by atoms with Gasteiger partial charge in [-0.25, -0.2) is 9.97 Å². The van der Waals surface area contributed by atoms with Crippen LogP contribution in [0, 0.1) is 13.8 Å². The van der Waals surface area contributed by atoms with Gasteiger partial charge >= 0.3 is 0 Å². The van der Waals surface area contributed by atoms with Crippen LogP contribution in [-0.4, -0.2) is 19.7 Å².